The van der Waals surface area contributed by atoms with Gasteiger partial charge in [0, 0.05) is 33.4 Å². The van der Waals surface area contributed by atoms with E-state index < -0.39 is 31.9 Å². The summed E-state index contributed by atoms with van der Waals surface area (Å²) in [6, 6.07) is 8.31. The van der Waals surface area contributed by atoms with Crippen molar-refractivity contribution in [3.05, 3.63) is 53.1 Å². The Bertz CT molecular complexity index is 907. The van der Waals surface area contributed by atoms with Crippen molar-refractivity contribution in [1.29, 1.82) is 0 Å². The van der Waals surface area contributed by atoms with E-state index in [2.05, 4.69) is 25.0 Å². The van der Waals surface area contributed by atoms with Gasteiger partial charge in [-0.2, -0.15) is 0 Å². The standard InChI is InChI=1S/C21H29FN2O5Si/c1-14(15-8-6-7-9-16(15)22)29-18-12-17(21(26)27)24(19(18)20(25)23-2)13-28-10-11-30(3,4)5/h6-9,12,14H,10-11,13H2,1-5H3,(H,23,25)(H,26,27). The van der Waals surface area contributed by atoms with Crippen LogP contribution in [0.1, 0.15) is 39.6 Å². The first kappa shape index (κ1) is 23.6. The summed E-state index contributed by atoms with van der Waals surface area (Å²) in [7, 11) is 0.118. The molecule has 1 aromatic heterocycles. The Morgan fingerprint density at radius 3 is 2.50 bits per heavy atom. The number of carbonyl (C=O) groups excluding carboxylic acids is 1. The molecule has 0 aliphatic heterocycles. The van der Waals surface area contributed by atoms with Crippen LogP contribution in [0.3, 0.4) is 0 Å². The number of benzene rings is 1. The lowest BCUT2D eigenvalue weighted by molar-refractivity contribution is 0.0612. The fourth-order valence-electron chi connectivity index (χ4n) is 2.87. The van der Waals surface area contributed by atoms with Crippen molar-refractivity contribution in [2.75, 3.05) is 13.7 Å². The molecule has 2 N–H and O–H groups in total. The van der Waals surface area contributed by atoms with Gasteiger partial charge in [-0.1, -0.05) is 37.8 Å². The minimum Gasteiger partial charge on any atom is -0.483 e. The lowest BCUT2D eigenvalue weighted by atomic mass is 10.1. The second-order valence-corrected chi connectivity index (χ2v) is 13.8. The maximum Gasteiger partial charge on any atom is 0.352 e. The van der Waals surface area contributed by atoms with Gasteiger partial charge in [-0.25, -0.2) is 9.18 Å². The monoisotopic (exact) mass is 436 g/mol. The van der Waals surface area contributed by atoms with E-state index in [-0.39, 0.29) is 23.9 Å². The number of nitrogens with zero attached hydrogens (tertiary/aromatic N) is 1. The van der Waals surface area contributed by atoms with Gasteiger partial charge < -0.3 is 24.5 Å². The molecular weight excluding hydrogens is 407 g/mol. The third kappa shape index (κ3) is 5.93. The van der Waals surface area contributed by atoms with Crippen LogP contribution in [0, 0.1) is 5.82 Å². The average molecular weight is 437 g/mol. The number of halogens is 1. The Labute approximate surface area is 176 Å². The average Bonchev–Trinajstić information content (AvgIpc) is 3.02. The van der Waals surface area contributed by atoms with Gasteiger partial charge in [-0.15, -0.1) is 0 Å². The van der Waals surface area contributed by atoms with E-state index in [0.717, 1.165) is 6.04 Å². The predicted octanol–water partition coefficient (Wildman–Crippen LogP) is 4.14. The zero-order chi connectivity index (χ0) is 22.5. The second-order valence-electron chi connectivity index (χ2n) is 8.18. The molecule has 0 aliphatic rings. The number of carboxylic acid groups (broad SMARTS) is 1. The number of carboxylic acids is 1. The Morgan fingerprint density at radius 2 is 1.93 bits per heavy atom. The third-order valence-corrected chi connectivity index (χ3v) is 6.29. The molecule has 7 nitrogen and oxygen atoms in total. The number of amides is 1. The van der Waals surface area contributed by atoms with Crippen LogP contribution in [0.2, 0.25) is 25.7 Å². The molecule has 30 heavy (non-hydrogen) atoms. The number of aromatic nitrogens is 1. The molecule has 1 atom stereocenters. The Hall–Kier alpha value is -2.65. The summed E-state index contributed by atoms with van der Waals surface area (Å²) in [6.07, 6.45) is -0.736. The van der Waals surface area contributed by atoms with Crippen molar-refractivity contribution in [3.63, 3.8) is 0 Å². The van der Waals surface area contributed by atoms with Crippen LogP contribution in [0.4, 0.5) is 4.39 Å². The smallest absolute Gasteiger partial charge is 0.352 e. The maximum absolute atomic E-state index is 14.1. The molecule has 164 valence electrons. The highest BCUT2D eigenvalue weighted by Crippen LogP contribution is 2.30. The molecule has 1 heterocycles. The second kappa shape index (κ2) is 9.90. The van der Waals surface area contributed by atoms with Crippen molar-refractivity contribution < 1.29 is 28.6 Å². The number of carbonyl (C=O) groups is 2. The Kier molecular flexibility index (Phi) is 7.80. The zero-order valence-electron chi connectivity index (χ0n) is 18.0. The van der Waals surface area contributed by atoms with Crippen molar-refractivity contribution in [2.24, 2.45) is 0 Å². The van der Waals surface area contributed by atoms with E-state index in [9.17, 15) is 19.1 Å². The minimum absolute atomic E-state index is 0.0195. The molecule has 1 aromatic carbocycles. The van der Waals surface area contributed by atoms with E-state index in [0.29, 0.717) is 12.2 Å². The van der Waals surface area contributed by atoms with Gasteiger partial charge in [0.2, 0.25) is 0 Å². The Balaban J connectivity index is 2.36. The molecule has 0 radical (unpaired) electrons. The van der Waals surface area contributed by atoms with Gasteiger partial charge in [0.05, 0.1) is 0 Å². The summed E-state index contributed by atoms with van der Waals surface area (Å²) in [5, 5.41) is 12.1. The van der Waals surface area contributed by atoms with Gasteiger partial charge in [-0.3, -0.25) is 4.79 Å². The molecule has 0 spiro atoms. The highest BCUT2D eigenvalue weighted by Gasteiger charge is 2.27. The number of nitrogens with one attached hydrogen (secondary N) is 1. The fourth-order valence-corrected chi connectivity index (χ4v) is 3.63. The quantitative estimate of drug-likeness (QED) is 0.432. The molecule has 2 rings (SSSR count). The molecule has 0 saturated carbocycles. The lowest BCUT2D eigenvalue weighted by Gasteiger charge is -2.18. The van der Waals surface area contributed by atoms with Crippen molar-refractivity contribution in [2.45, 2.75) is 45.4 Å². The van der Waals surface area contributed by atoms with Gasteiger partial charge >= 0.3 is 5.97 Å². The molecule has 0 bridgehead atoms. The lowest BCUT2D eigenvalue weighted by Crippen LogP contribution is -2.26. The SMILES string of the molecule is CNC(=O)c1c(OC(C)c2ccccc2F)cc(C(=O)O)n1COCC[Si](C)(C)C. The number of ether oxygens (including phenoxy) is 2. The van der Waals surface area contributed by atoms with Crippen molar-refractivity contribution in [1.82, 2.24) is 9.88 Å². The van der Waals surface area contributed by atoms with Crippen LogP contribution in [0.5, 0.6) is 5.75 Å². The van der Waals surface area contributed by atoms with E-state index in [4.69, 9.17) is 9.47 Å². The summed E-state index contributed by atoms with van der Waals surface area (Å²) in [5.74, 6) is -2.13. The largest absolute Gasteiger partial charge is 0.483 e. The Morgan fingerprint density at radius 1 is 1.27 bits per heavy atom. The van der Waals surface area contributed by atoms with E-state index in [1.54, 1.807) is 25.1 Å². The summed E-state index contributed by atoms with van der Waals surface area (Å²) in [5.41, 5.74) is 0.180. The molecular formula is C21H29FN2O5Si. The topological polar surface area (TPSA) is 89.8 Å². The fraction of sp³-hybridized carbons (Fsp3) is 0.429. The van der Waals surface area contributed by atoms with Crippen LogP contribution in [0.25, 0.3) is 0 Å². The van der Waals surface area contributed by atoms with Gasteiger partial charge in [0.15, 0.2) is 11.4 Å². The van der Waals surface area contributed by atoms with Crippen molar-refractivity contribution in [3.8, 4) is 5.75 Å². The minimum atomic E-state index is -1.32. The molecule has 0 saturated heterocycles. The van der Waals surface area contributed by atoms with E-state index in [1.165, 1.54) is 23.7 Å². The summed E-state index contributed by atoms with van der Waals surface area (Å²) >= 11 is 0. The molecule has 0 fully saturated rings. The van der Waals surface area contributed by atoms with Gasteiger partial charge in [0.25, 0.3) is 5.91 Å². The van der Waals surface area contributed by atoms with Crippen LogP contribution in [-0.4, -0.2) is 43.3 Å². The number of hydrogen-bond donors (Lipinski definition) is 2. The first-order valence-corrected chi connectivity index (χ1v) is 13.4. The van der Waals surface area contributed by atoms with Crippen LogP contribution >= 0.6 is 0 Å². The number of hydrogen-bond acceptors (Lipinski definition) is 4. The van der Waals surface area contributed by atoms with E-state index >= 15 is 0 Å². The zero-order valence-corrected chi connectivity index (χ0v) is 19.0. The number of aromatic carboxylic acids is 1. The normalized spacial score (nSPS) is 12.5. The van der Waals surface area contributed by atoms with E-state index in [1.807, 2.05) is 0 Å². The number of rotatable bonds is 10. The first-order chi connectivity index (χ1) is 14.0. The molecule has 9 heteroatoms. The molecule has 2 aromatic rings. The van der Waals surface area contributed by atoms with Gasteiger partial charge in [-0.05, 0) is 19.0 Å². The van der Waals surface area contributed by atoms with Crippen LogP contribution in [-0.2, 0) is 11.5 Å². The molecule has 0 aliphatic carbocycles. The highest BCUT2D eigenvalue weighted by molar-refractivity contribution is 6.76. The summed E-state index contributed by atoms with van der Waals surface area (Å²) in [6.45, 7) is 8.62. The van der Waals surface area contributed by atoms with Crippen LogP contribution < -0.4 is 10.1 Å². The van der Waals surface area contributed by atoms with Gasteiger partial charge in [0.1, 0.15) is 24.3 Å². The maximum atomic E-state index is 14.1. The summed E-state index contributed by atoms with van der Waals surface area (Å²) < 4.78 is 26.9. The first-order valence-electron chi connectivity index (χ1n) is 9.73. The summed E-state index contributed by atoms with van der Waals surface area (Å²) in [4.78, 5) is 24.3. The third-order valence-electron chi connectivity index (χ3n) is 4.59. The highest BCUT2D eigenvalue weighted by atomic mass is 28.3. The molecule has 1 amide bonds. The van der Waals surface area contributed by atoms with Crippen LogP contribution in [0.15, 0.2) is 30.3 Å². The molecule has 1 unspecified atom stereocenters. The van der Waals surface area contributed by atoms with Crippen molar-refractivity contribution >= 4 is 20.0 Å². The predicted molar refractivity (Wildman–Crippen MR) is 114 cm³/mol.